The molecule has 1 saturated heterocycles. The van der Waals surface area contributed by atoms with Crippen LogP contribution in [0.5, 0.6) is 0 Å². The van der Waals surface area contributed by atoms with Crippen molar-refractivity contribution < 1.29 is 35.1 Å². The smallest absolute Gasteiger partial charge is 0.385 e. The minimum Gasteiger partial charge on any atom is -0.385 e. The van der Waals surface area contributed by atoms with Crippen LogP contribution >= 0.6 is 0 Å². The molecule has 1 rings (SSSR count). The molecule has 0 saturated carbocycles. The molecule has 0 aromatic heterocycles. The number of ether oxygens (including phenoxy) is 1. The SMILES string of the molecule is CCCC1CCN(C(=O)OC(O)(O)C(O)(O)O)C1. The van der Waals surface area contributed by atoms with E-state index in [-0.39, 0.29) is 0 Å². The zero-order valence-corrected chi connectivity index (χ0v) is 10.1. The van der Waals surface area contributed by atoms with Gasteiger partial charge in [-0.25, -0.2) is 4.79 Å². The number of rotatable bonds is 4. The molecule has 1 amide bonds. The molecule has 0 bridgehead atoms. The minimum atomic E-state index is -3.94. The molecular formula is C10H19NO7. The van der Waals surface area contributed by atoms with E-state index in [1.54, 1.807) is 0 Å². The van der Waals surface area contributed by atoms with Gasteiger partial charge in [-0.3, -0.25) is 0 Å². The molecule has 1 atom stereocenters. The number of nitrogens with zero attached hydrogens (tertiary/aromatic N) is 1. The Morgan fingerprint density at radius 3 is 2.44 bits per heavy atom. The average Bonchev–Trinajstić information content (AvgIpc) is 2.64. The van der Waals surface area contributed by atoms with Crippen LogP contribution in [0.1, 0.15) is 26.2 Å². The van der Waals surface area contributed by atoms with E-state index in [1.807, 2.05) is 6.92 Å². The quantitative estimate of drug-likeness (QED) is 0.391. The lowest BCUT2D eigenvalue weighted by atomic mass is 10.0. The third kappa shape index (κ3) is 3.53. The van der Waals surface area contributed by atoms with Crippen LogP contribution in [0.15, 0.2) is 0 Å². The molecular weight excluding hydrogens is 246 g/mol. The van der Waals surface area contributed by atoms with Crippen molar-refractivity contribution in [3.05, 3.63) is 0 Å². The molecule has 0 spiro atoms. The van der Waals surface area contributed by atoms with Crippen molar-refractivity contribution in [2.24, 2.45) is 5.92 Å². The highest BCUT2D eigenvalue weighted by atomic mass is 16.9. The van der Waals surface area contributed by atoms with Gasteiger partial charge < -0.3 is 35.2 Å². The molecule has 1 unspecified atom stereocenters. The monoisotopic (exact) mass is 265 g/mol. The van der Waals surface area contributed by atoms with Crippen molar-refractivity contribution in [3.8, 4) is 0 Å². The molecule has 0 aliphatic carbocycles. The average molecular weight is 265 g/mol. The largest absolute Gasteiger partial charge is 0.414 e. The fourth-order valence-electron chi connectivity index (χ4n) is 1.90. The molecule has 8 heteroatoms. The highest BCUT2D eigenvalue weighted by Gasteiger charge is 2.52. The predicted octanol–water partition coefficient (Wildman–Crippen LogP) is -1.49. The van der Waals surface area contributed by atoms with Gasteiger partial charge in [-0.15, -0.1) is 0 Å². The summed E-state index contributed by atoms with van der Waals surface area (Å²) in [5, 5.41) is 43.7. The molecule has 1 fully saturated rings. The van der Waals surface area contributed by atoms with Crippen LogP contribution < -0.4 is 0 Å². The van der Waals surface area contributed by atoms with E-state index in [0.29, 0.717) is 19.0 Å². The summed E-state index contributed by atoms with van der Waals surface area (Å²) in [6, 6.07) is 0. The van der Waals surface area contributed by atoms with Gasteiger partial charge in [-0.1, -0.05) is 13.3 Å². The van der Waals surface area contributed by atoms with Crippen molar-refractivity contribution in [1.82, 2.24) is 4.90 Å². The summed E-state index contributed by atoms with van der Waals surface area (Å²) >= 11 is 0. The fourth-order valence-corrected chi connectivity index (χ4v) is 1.90. The van der Waals surface area contributed by atoms with Gasteiger partial charge in [0.15, 0.2) is 0 Å². The maximum Gasteiger partial charge on any atom is 0.414 e. The Hall–Kier alpha value is -0.930. The summed E-state index contributed by atoms with van der Waals surface area (Å²) in [6.07, 6.45) is 1.57. The van der Waals surface area contributed by atoms with E-state index >= 15 is 0 Å². The van der Waals surface area contributed by atoms with Crippen LogP contribution in [0.2, 0.25) is 0 Å². The lowest BCUT2D eigenvalue weighted by Crippen LogP contribution is -2.58. The van der Waals surface area contributed by atoms with E-state index < -0.39 is 18.0 Å². The number of hydrogen-bond acceptors (Lipinski definition) is 7. The molecule has 18 heavy (non-hydrogen) atoms. The fraction of sp³-hybridized carbons (Fsp3) is 0.900. The number of amides is 1. The van der Waals surface area contributed by atoms with Gasteiger partial charge >= 0.3 is 18.0 Å². The van der Waals surface area contributed by atoms with Gasteiger partial charge in [-0.05, 0) is 18.8 Å². The normalized spacial score (nSPS) is 21.2. The Kier molecular flexibility index (Phi) is 4.51. The van der Waals surface area contributed by atoms with E-state index in [4.69, 9.17) is 25.5 Å². The first kappa shape index (κ1) is 15.1. The van der Waals surface area contributed by atoms with Crippen LogP contribution in [-0.2, 0) is 4.74 Å². The Bertz CT molecular complexity index is 299. The topological polar surface area (TPSA) is 131 Å². The summed E-state index contributed by atoms with van der Waals surface area (Å²) in [5.74, 6) is -7.39. The lowest BCUT2D eigenvalue weighted by Gasteiger charge is -2.30. The van der Waals surface area contributed by atoms with Crippen molar-refractivity contribution in [2.45, 2.75) is 38.1 Å². The summed E-state index contributed by atoms with van der Waals surface area (Å²) < 4.78 is 4.06. The highest BCUT2D eigenvalue weighted by molar-refractivity contribution is 5.68. The van der Waals surface area contributed by atoms with Crippen molar-refractivity contribution >= 4 is 6.09 Å². The maximum atomic E-state index is 11.5. The van der Waals surface area contributed by atoms with Gasteiger partial charge in [0.2, 0.25) is 0 Å². The standard InChI is InChI=1S/C10H19NO7/c1-2-3-7-4-5-11(6-7)8(12)18-10(16,17)9(13,14)15/h7,13-17H,2-6H2,1H3. The second-order valence-electron chi connectivity index (χ2n) is 4.50. The molecule has 8 nitrogen and oxygen atoms in total. The highest BCUT2D eigenvalue weighted by Crippen LogP contribution is 2.23. The van der Waals surface area contributed by atoms with Gasteiger partial charge in [0, 0.05) is 13.1 Å². The molecule has 1 heterocycles. The third-order valence-electron chi connectivity index (χ3n) is 2.91. The summed E-state index contributed by atoms with van der Waals surface area (Å²) in [4.78, 5) is 12.7. The Balaban J connectivity index is 2.52. The van der Waals surface area contributed by atoms with E-state index in [1.165, 1.54) is 4.90 Å². The molecule has 5 N–H and O–H groups in total. The molecule has 1 aliphatic heterocycles. The van der Waals surface area contributed by atoms with Gasteiger partial charge in [-0.2, -0.15) is 0 Å². The van der Waals surface area contributed by atoms with E-state index in [9.17, 15) is 4.79 Å². The van der Waals surface area contributed by atoms with Crippen LogP contribution in [0, 0.1) is 5.92 Å². The lowest BCUT2D eigenvalue weighted by molar-refractivity contribution is -0.509. The zero-order chi connectivity index (χ0) is 14.0. The number of aliphatic hydroxyl groups is 5. The minimum absolute atomic E-state index is 0.316. The van der Waals surface area contributed by atoms with Crippen molar-refractivity contribution in [2.75, 3.05) is 13.1 Å². The predicted molar refractivity (Wildman–Crippen MR) is 57.6 cm³/mol. The molecule has 0 aromatic carbocycles. The van der Waals surface area contributed by atoms with E-state index in [2.05, 4.69) is 4.74 Å². The Labute approximate surface area is 104 Å². The number of hydrogen-bond donors (Lipinski definition) is 5. The molecule has 0 aromatic rings. The van der Waals surface area contributed by atoms with E-state index in [0.717, 1.165) is 19.3 Å². The third-order valence-corrected chi connectivity index (χ3v) is 2.91. The Morgan fingerprint density at radius 2 is 1.94 bits per heavy atom. The number of carbonyl (C=O) groups excluding carboxylic acids is 1. The molecule has 1 aliphatic rings. The molecule has 106 valence electrons. The van der Waals surface area contributed by atoms with Crippen LogP contribution in [0.3, 0.4) is 0 Å². The van der Waals surface area contributed by atoms with Gasteiger partial charge in [0.05, 0.1) is 0 Å². The number of likely N-dealkylation sites (tertiary alicyclic amines) is 1. The van der Waals surface area contributed by atoms with Crippen molar-refractivity contribution in [1.29, 1.82) is 0 Å². The van der Waals surface area contributed by atoms with Gasteiger partial charge in [0.25, 0.3) is 0 Å². The summed E-state index contributed by atoms with van der Waals surface area (Å²) in [7, 11) is 0. The van der Waals surface area contributed by atoms with Gasteiger partial charge in [0.1, 0.15) is 0 Å². The molecule has 0 radical (unpaired) electrons. The first-order valence-electron chi connectivity index (χ1n) is 5.77. The summed E-state index contributed by atoms with van der Waals surface area (Å²) in [6.45, 7) is 2.80. The summed E-state index contributed by atoms with van der Waals surface area (Å²) in [5.41, 5.74) is 0. The van der Waals surface area contributed by atoms with Crippen LogP contribution in [-0.4, -0.2) is 61.6 Å². The van der Waals surface area contributed by atoms with Crippen LogP contribution in [0.4, 0.5) is 4.79 Å². The first-order valence-corrected chi connectivity index (χ1v) is 5.77. The first-order chi connectivity index (χ1) is 8.17. The van der Waals surface area contributed by atoms with Crippen LogP contribution in [0.25, 0.3) is 0 Å². The second-order valence-corrected chi connectivity index (χ2v) is 4.50. The Morgan fingerprint density at radius 1 is 1.33 bits per heavy atom. The second kappa shape index (κ2) is 5.37. The maximum absolute atomic E-state index is 11.5. The number of carbonyl (C=O) groups is 1. The van der Waals surface area contributed by atoms with Crippen molar-refractivity contribution in [3.63, 3.8) is 0 Å². The zero-order valence-electron chi connectivity index (χ0n) is 10.1.